The van der Waals surface area contributed by atoms with Crippen LogP contribution in [0.15, 0.2) is 18.2 Å². The van der Waals surface area contributed by atoms with E-state index in [1.807, 2.05) is 0 Å². The summed E-state index contributed by atoms with van der Waals surface area (Å²) in [6.45, 7) is -0.716. The molecule has 0 unspecified atom stereocenters. The van der Waals surface area contributed by atoms with Gasteiger partial charge in [0.05, 0.1) is 11.1 Å². The number of esters is 1. The highest BCUT2D eigenvalue weighted by molar-refractivity contribution is 6.67. The number of carbonyl (C=O) groups is 1. The van der Waals surface area contributed by atoms with Crippen molar-refractivity contribution in [2.75, 3.05) is 6.61 Å². The van der Waals surface area contributed by atoms with Crippen LogP contribution in [0, 0.1) is 5.82 Å². The highest BCUT2D eigenvalue weighted by atomic mass is 35.6. The summed E-state index contributed by atoms with van der Waals surface area (Å²) in [4.78, 5) is 11.4. The maximum Gasteiger partial charge on any atom is 0.419 e. The van der Waals surface area contributed by atoms with E-state index >= 15 is 0 Å². The van der Waals surface area contributed by atoms with Crippen LogP contribution < -0.4 is 0 Å². The Labute approximate surface area is 120 Å². The Morgan fingerprint density at radius 3 is 2.26 bits per heavy atom. The molecule has 0 N–H and O–H groups in total. The van der Waals surface area contributed by atoms with E-state index in [1.165, 1.54) is 0 Å². The van der Waals surface area contributed by atoms with E-state index in [4.69, 9.17) is 34.8 Å². The van der Waals surface area contributed by atoms with Crippen LogP contribution in [0.2, 0.25) is 0 Å². The fraction of sp³-hybridized carbons (Fsp3) is 0.300. The average Bonchev–Trinajstić information content (AvgIpc) is 2.23. The van der Waals surface area contributed by atoms with E-state index in [1.54, 1.807) is 0 Å². The number of benzene rings is 1. The molecule has 0 aromatic heterocycles. The maximum absolute atomic E-state index is 13.5. The minimum Gasteiger partial charge on any atom is -0.457 e. The van der Waals surface area contributed by atoms with Crippen LogP contribution in [-0.2, 0) is 10.9 Å². The smallest absolute Gasteiger partial charge is 0.419 e. The fourth-order valence-corrected chi connectivity index (χ4v) is 1.30. The molecule has 0 amide bonds. The van der Waals surface area contributed by atoms with Crippen molar-refractivity contribution in [1.29, 1.82) is 0 Å². The van der Waals surface area contributed by atoms with Gasteiger partial charge < -0.3 is 4.74 Å². The van der Waals surface area contributed by atoms with Crippen molar-refractivity contribution in [1.82, 2.24) is 0 Å². The summed E-state index contributed by atoms with van der Waals surface area (Å²) in [6, 6.07) is 2.21. The molecule has 1 aromatic carbocycles. The SMILES string of the molecule is O=C(OCC(Cl)(Cl)Cl)c1cccc(C(F)(F)F)c1F. The van der Waals surface area contributed by atoms with Crippen LogP contribution in [0.5, 0.6) is 0 Å². The van der Waals surface area contributed by atoms with Crippen LogP contribution in [0.3, 0.4) is 0 Å². The molecule has 0 aliphatic rings. The monoisotopic (exact) mass is 338 g/mol. The minimum atomic E-state index is -4.92. The highest BCUT2D eigenvalue weighted by Gasteiger charge is 2.36. The van der Waals surface area contributed by atoms with Gasteiger partial charge in [-0.15, -0.1) is 0 Å². The zero-order valence-corrected chi connectivity index (χ0v) is 11.2. The third-order valence-corrected chi connectivity index (χ3v) is 2.22. The van der Waals surface area contributed by atoms with Crippen molar-refractivity contribution in [2.24, 2.45) is 0 Å². The quantitative estimate of drug-likeness (QED) is 0.454. The number of carbonyl (C=O) groups excluding carboxylic acids is 1. The normalized spacial score (nSPS) is 12.4. The lowest BCUT2D eigenvalue weighted by Crippen LogP contribution is -2.19. The topological polar surface area (TPSA) is 26.3 Å². The van der Waals surface area contributed by atoms with E-state index in [0.717, 1.165) is 12.1 Å². The summed E-state index contributed by atoms with van der Waals surface area (Å²) in [6.07, 6.45) is -4.92. The molecule has 0 fully saturated rings. The fourth-order valence-electron chi connectivity index (χ4n) is 1.13. The van der Waals surface area contributed by atoms with Gasteiger partial charge >= 0.3 is 12.1 Å². The highest BCUT2D eigenvalue weighted by Crippen LogP contribution is 2.33. The molecule has 0 aliphatic heterocycles. The minimum absolute atomic E-state index is 0.501. The van der Waals surface area contributed by atoms with Crippen molar-refractivity contribution >= 4 is 40.8 Å². The van der Waals surface area contributed by atoms with Gasteiger partial charge in [0.2, 0.25) is 3.79 Å². The molecule has 0 aliphatic carbocycles. The Morgan fingerprint density at radius 1 is 1.21 bits per heavy atom. The molecule has 0 heterocycles. The molecule has 0 spiro atoms. The van der Waals surface area contributed by atoms with Gasteiger partial charge in [-0.05, 0) is 12.1 Å². The molecule has 1 aromatic rings. The Hall–Kier alpha value is -0.720. The number of halogens is 7. The first-order valence-corrected chi connectivity index (χ1v) is 5.75. The predicted octanol–water partition coefficient (Wildman–Crippen LogP) is 4.37. The van der Waals surface area contributed by atoms with Crippen LogP contribution in [0.25, 0.3) is 0 Å². The van der Waals surface area contributed by atoms with Crippen LogP contribution in [0.4, 0.5) is 17.6 Å². The molecular weight excluding hydrogens is 334 g/mol. The Morgan fingerprint density at radius 2 is 1.79 bits per heavy atom. The first kappa shape index (κ1) is 16.3. The second-order valence-corrected chi connectivity index (χ2v) is 5.87. The van der Waals surface area contributed by atoms with Gasteiger partial charge in [0.1, 0.15) is 12.4 Å². The van der Waals surface area contributed by atoms with Gasteiger partial charge in [-0.2, -0.15) is 13.2 Å². The van der Waals surface area contributed by atoms with E-state index in [0.29, 0.717) is 6.07 Å². The number of hydrogen-bond acceptors (Lipinski definition) is 2. The van der Waals surface area contributed by atoms with E-state index < -0.39 is 39.5 Å². The van der Waals surface area contributed by atoms with Crippen molar-refractivity contribution in [3.05, 3.63) is 35.1 Å². The third-order valence-electron chi connectivity index (χ3n) is 1.89. The zero-order valence-electron chi connectivity index (χ0n) is 8.90. The Bertz CT molecular complexity index is 483. The number of alkyl halides is 6. The van der Waals surface area contributed by atoms with Gasteiger partial charge in [-0.3, -0.25) is 0 Å². The maximum atomic E-state index is 13.5. The van der Waals surface area contributed by atoms with Crippen molar-refractivity contribution in [3.8, 4) is 0 Å². The second kappa shape index (κ2) is 5.73. The number of ether oxygens (including phenoxy) is 1. The molecule has 2 nitrogen and oxygen atoms in total. The standard InChI is InChI=1S/C10H5Cl3F4O2/c11-9(12,13)4-19-8(18)5-2-1-3-6(7(5)14)10(15,16)17/h1-3H,4H2. The molecule has 19 heavy (non-hydrogen) atoms. The summed E-state index contributed by atoms with van der Waals surface area (Å²) in [5, 5.41) is 0. The van der Waals surface area contributed by atoms with Gasteiger partial charge in [0, 0.05) is 0 Å². The zero-order chi connectivity index (χ0) is 14.8. The second-order valence-electron chi connectivity index (χ2n) is 3.36. The van der Waals surface area contributed by atoms with Gasteiger partial charge in [-0.1, -0.05) is 40.9 Å². The third kappa shape index (κ3) is 4.71. The summed E-state index contributed by atoms with van der Waals surface area (Å²) in [5.41, 5.74) is -2.46. The van der Waals surface area contributed by atoms with Crippen LogP contribution in [0.1, 0.15) is 15.9 Å². The van der Waals surface area contributed by atoms with Crippen LogP contribution in [-0.4, -0.2) is 16.4 Å². The van der Waals surface area contributed by atoms with E-state index in [2.05, 4.69) is 4.74 Å². The van der Waals surface area contributed by atoms with E-state index in [9.17, 15) is 22.4 Å². The number of rotatable bonds is 2. The van der Waals surface area contributed by atoms with Gasteiger partial charge in [0.25, 0.3) is 0 Å². The molecule has 0 radical (unpaired) electrons. The van der Waals surface area contributed by atoms with Crippen molar-refractivity contribution in [2.45, 2.75) is 9.97 Å². The first-order valence-electron chi connectivity index (χ1n) is 4.62. The van der Waals surface area contributed by atoms with Gasteiger partial charge in [-0.25, -0.2) is 9.18 Å². The number of hydrogen-bond donors (Lipinski definition) is 0. The summed E-state index contributed by atoms with van der Waals surface area (Å²) < 4.78 is 53.2. The molecular formula is C10H5Cl3F4O2. The molecule has 106 valence electrons. The van der Waals surface area contributed by atoms with Gasteiger partial charge in [0.15, 0.2) is 0 Å². The largest absolute Gasteiger partial charge is 0.457 e. The molecule has 0 saturated heterocycles. The lowest BCUT2D eigenvalue weighted by Gasteiger charge is -2.13. The van der Waals surface area contributed by atoms with Crippen molar-refractivity contribution < 1.29 is 27.1 Å². The molecule has 0 atom stereocenters. The molecule has 1 rings (SSSR count). The lowest BCUT2D eigenvalue weighted by atomic mass is 10.1. The summed E-state index contributed by atoms with van der Waals surface area (Å²) in [5.74, 6) is -3.08. The Balaban J connectivity index is 2.99. The Kier molecular flexibility index (Phi) is 4.92. The van der Waals surface area contributed by atoms with E-state index in [-0.39, 0.29) is 0 Å². The molecule has 0 saturated carbocycles. The van der Waals surface area contributed by atoms with Crippen molar-refractivity contribution in [3.63, 3.8) is 0 Å². The summed E-state index contributed by atoms with van der Waals surface area (Å²) in [7, 11) is 0. The molecule has 0 bridgehead atoms. The lowest BCUT2D eigenvalue weighted by molar-refractivity contribution is -0.140. The summed E-state index contributed by atoms with van der Waals surface area (Å²) >= 11 is 15.9. The molecule has 9 heteroatoms. The van der Waals surface area contributed by atoms with Crippen LogP contribution >= 0.6 is 34.8 Å². The average molecular weight is 339 g/mol. The predicted molar refractivity (Wildman–Crippen MR) is 62.0 cm³/mol. The first-order chi connectivity index (χ1) is 8.52.